The summed E-state index contributed by atoms with van der Waals surface area (Å²) in [5.41, 5.74) is 2.71. The third-order valence-corrected chi connectivity index (χ3v) is 8.58. The third kappa shape index (κ3) is 5.45. The van der Waals surface area contributed by atoms with Gasteiger partial charge in [-0.3, -0.25) is 4.98 Å². The van der Waals surface area contributed by atoms with Gasteiger partial charge in [-0.25, -0.2) is 9.97 Å². The van der Waals surface area contributed by atoms with Crippen molar-refractivity contribution in [2.75, 3.05) is 37.4 Å². The number of benzene rings is 1. The zero-order valence-corrected chi connectivity index (χ0v) is 22.7. The zero-order chi connectivity index (χ0) is 26.1. The van der Waals surface area contributed by atoms with E-state index in [1.165, 1.54) is 0 Å². The van der Waals surface area contributed by atoms with Crippen molar-refractivity contribution in [2.45, 2.75) is 50.3 Å². The SMILES string of the molecule is CN(C)[C@@H]1CCN(c2ccc(-c3cc(Oc4ccc5nc(N[C@@H]6CCCC[C@H]6O)sc5c4)ccn3)cn2)C1. The van der Waals surface area contributed by atoms with Crippen LogP contribution in [0.5, 0.6) is 11.5 Å². The van der Waals surface area contributed by atoms with Crippen LogP contribution in [0, 0.1) is 0 Å². The van der Waals surface area contributed by atoms with Gasteiger partial charge in [0.15, 0.2) is 5.13 Å². The Balaban J connectivity index is 1.14. The first-order valence-corrected chi connectivity index (χ1v) is 14.2. The minimum Gasteiger partial charge on any atom is -0.457 e. The van der Waals surface area contributed by atoms with Gasteiger partial charge in [0.1, 0.15) is 17.3 Å². The van der Waals surface area contributed by atoms with Gasteiger partial charge in [-0.15, -0.1) is 0 Å². The van der Waals surface area contributed by atoms with E-state index in [9.17, 15) is 5.11 Å². The van der Waals surface area contributed by atoms with E-state index in [4.69, 9.17) is 14.7 Å². The fourth-order valence-corrected chi connectivity index (χ4v) is 6.29. The summed E-state index contributed by atoms with van der Waals surface area (Å²) in [4.78, 5) is 18.6. The molecule has 8 nitrogen and oxygen atoms in total. The summed E-state index contributed by atoms with van der Waals surface area (Å²) in [7, 11) is 4.28. The highest BCUT2D eigenvalue weighted by molar-refractivity contribution is 7.22. The molecule has 1 aliphatic carbocycles. The summed E-state index contributed by atoms with van der Waals surface area (Å²) >= 11 is 1.59. The monoisotopic (exact) mass is 530 g/mol. The Bertz CT molecular complexity index is 1390. The van der Waals surface area contributed by atoms with Crippen LogP contribution in [0.25, 0.3) is 21.5 Å². The van der Waals surface area contributed by atoms with E-state index in [1.807, 2.05) is 36.5 Å². The first-order chi connectivity index (χ1) is 18.5. The van der Waals surface area contributed by atoms with Crippen molar-refractivity contribution in [2.24, 2.45) is 0 Å². The Morgan fingerprint density at radius 3 is 2.68 bits per heavy atom. The van der Waals surface area contributed by atoms with Crippen LogP contribution in [0.1, 0.15) is 32.1 Å². The standard InChI is InChI=1S/C29H34N6O2S/c1-34(2)20-12-14-35(18-20)28-10-7-19(17-31-28)25-15-22(11-13-30-25)37-21-8-9-24-27(16-21)38-29(33-24)32-23-5-3-4-6-26(23)36/h7-11,13,15-17,20,23,26,36H,3-6,12,14,18H2,1-2H3,(H,32,33)/t20-,23-,26-/m1/s1. The maximum absolute atomic E-state index is 10.3. The van der Waals surface area contributed by atoms with Crippen LogP contribution < -0.4 is 15.0 Å². The second-order valence-electron chi connectivity index (χ2n) is 10.5. The van der Waals surface area contributed by atoms with E-state index in [2.05, 4.69) is 46.3 Å². The Labute approximate surface area is 227 Å². The molecule has 1 saturated carbocycles. The molecule has 4 heterocycles. The van der Waals surface area contributed by atoms with Crippen molar-refractivity contribution in [1.82, 2.24) is 19.9 Å². The average molecular weight is 531 g/mol. The van der Waals surface area contributed by atoms with E-state index in [-0.39, 0.29) is 12.1 Å². The Morgan fingerprint density at radius 2 is 1.89 bits per heavy atom. The first kappa shape index (κ1) is 25.0. The molecule has 0 amide bonds. The smallest absolute Gasteiger partial charge is 0.184 e. The predicted molar refractivity (Wildman–Crippen MR) is 153 cm³/mol. The molecule has 6 rings (SSSR count). The summed E-state index contributed by atoms with van der Waals surface area (Å²) in [6, 6.07) is 14.6. The highest BCUT2D eigenvalue weighted by Crippen LogP contribution is 2.33. The molecular formula is C29H34N6O2S. The largest absolute Gasteiger partial charge is 0.457 e. The molecule has 0 spiro atoms. The van der Waals surface area contributed by atoms with Crippen LogP contribution in [0.3, 0.4) is 0 Å². The minimum absolute atomic E-state index is 0.0733. The van der Waals surface area contributed by atoms with Crippen LogP contribution in [0.4, 0.5) is 10.9 Å². The van der Waals surface area contributed by atoms with Gasteiger partial charge >= 0.3 is 0 Å². The van der Waals surface area contributed by atoms with Crippen LogP contribution in [-0.2, 0) is 0 Å². The number of aliphatic hydroxyl groups is 1. The molecule has 4 aromatic rings. The normalized spacial score (nSPS) is 21.8. The summed E-state index contributed by atoms with van der Waals surface area (Å²) < 4.78 is 7.25. The summed E-state index contributed by atoms with van der Waals surface area (Å²) in [6.07, 6.45) is 8.57. The summed E-state index contributed by atoms with van der Waals surface area (Å²) in [5.74, 6) is 2.48. The molecule has 2 fully saturated rings. The molecule has 1 saturated heterocycles. The number of hydrogen-bond acceptors (Lipinski definition) is 9. The fourth-order valence-electron chi connectivity index (χ4n) is 5.33. The predicted octanol–water partition coefficient (Wildman–Crippen LogP) is 5.40. The number of nitrogens with one attached hydrogen (secondary N) is 1. The van der Waals surface area contributed by atoms with Gasteiger partial charge in [0.05, 0.1) is 28.1 Å². The van der Waals surface area contributed by atoms with Crippen LogP contribution >= 0.6 is 11.3 Å². The number of likely N-dealkylation sites (N-methyl/N-ethyl adjacent to an activating group) is 1. The van der Waals surface area contributed by atoms with Gasteiger partial charge in [-0.1, -0.05) is 24.2 Å². The Hall–Kier alpha value is -3.27. The molecule has 198 valence electrons. The highest BCUT2D eigenvalue weighted by Gasteiger charge is 2.25. The second-order valence-corrected chi connectivity index (χ2v) is 11.5. The number of nitrogens with zero attached hydrogens (tertiary/aromatic N) is 5. The third-order valence-electron chi connectivity index (χ3n) is 7.63. The fraction of sp³-hybridized carbons (Fsp3) is 0.414. The lowest BCUT2D eigenvalue weighted by Crippen LogP contribution is -2.36. The lowest BCUT2D eigenvalue weighted by Gasteiger charge is -2.27. The zero-order valence-electron chi connectivity index (χ0n) is 21.9. The maximum atomic E-state index is 10.3. The van der Waals surface area contributed by atoms with Crippen molar-refractivity contribution < 1.29 is 9.84 Å². The van der Waals surface area contributed by atoms with Crippen LogP contribution in [0.15, 0.2) is 54.9 Å². The van der Waals surface area contributed by atoms with Crippen molar-refractivity contribution >= 4 is 32.5 Å². The van der Waals surface area contributed by atoms with Crippen LogP contribution in [0.2, 0.25) is 0 Å². The molecule has 9 heteroatoms. The van der Waals surface area contributed by atoms with E-state index >= 15 is 0 Å². The Kier molecular flexibility index (Phi) is 7.14. The number of hydrogen-bond donors (Lipinski definition) is 2. The number of aromatic nitrogens is 3. The van der Waals surface area contributed by atoms with Gasteiger partial charge in [-0.2, -0.15) is 0 Å². The van der Waals surface area contributed by atoms with Crippen molar-refractivity contribution in [3.8, 4) is 22.8 Å². The number of rotatable bonds is 7. The number of fused-ring (bicyclic) bond motifs is 1. The summed E-state index contributed by atoms with van der Waals surface area (Å²) in [5, 5.41) is 14.6. The molecule has 3 aromatic heterocycles. The minimum atomic E-state index is -0.308. The second kappa shape index (κ2) is 10.8. The van der Waals surface area contributed by atoms with Gasteiger partial charge in [-0.05, 0) is 63.7 Å². The molecule has 38 heavy (non-hydrogen) atoms. The van der Waals surface area contributed by atoms with Crippen molar-refractivity contribution in [3.05, 3.63) is 54.9 Å². The number of aliphatic hydroxyl groups excluding tert-OH is 1. The quantitative estimate of drug-likeness (QED) is 0.328. The summed E-state index contributed by atoms with van der Waals surface area (Å²) in [6.45, 7) is 2.03. The van der Waals surface area contributed by atoms with E-state index in [0.29, 0.717) is 6.04 Å². The number of ether oxygens (including phenoxy) is 1. The average Bonchev–Trinajstić information content (AvgIpc) is 3.58. The molecule has 0 unspecified atom stereocenters. The molecular weight excluding hydrogens is 496 g/mol. The van der Waals surface area contributed by atoms with E-state index in [0.717, 1.165) is 89.1 Å². The number of thiazole rings is 1. The molecule has 0 radical (unpaired) electrons. The molecule has 1 aliphatic heterocycles. The molecule has 3 atom stereocenters. The van der Waals surface area contributed by atoms with Gasteiger partial charge in [0.2, 0.25) is 0 Å². The van der Waals surface area contributed by atoms with Gasteiger partial charge in [0, 0.05) is 49.2 Å². The van der Waals surface area contributed by atoms with E-state index < -0.39 is 0 Å². The lowest BCUT2D eigenvalue weighted by molar-refractivity contribution is 0.116. The van der Waals surface area contributed by atoms with Gasteiger partial charge < -0.3 is 25.0 Å². The van der Waals surface area contributed by atoms with Gasteiger partial charge in [0.25, 0.3) is 0 Å². The van der Waals surface area contributed by atoms with Crippen LogP contribution in [-0.4, -0.2) is 70.3 Å². The topological polar surface area (TPSA) is 86.6 Å². The lowest BCUT2D eigenvalue weighted by atomic mass is 9.93. The molecule has 1 aromatic carbocycles. The Morgan fingerprint density at radius 1 is 1.03 bits per heavy atom. The van der Waals surface area contributed by atoms with E-state index in [1.54, 1.807) is 17.5 Å². The first-order valence-electron chi connectivity index (χ1n) is 13.4. The molecule has 0 bridgehead atoms. The number of anilines is 2. The van der Waals surface area contributed by atoms with Crippen molar-refractivity contribution in [1.29, 1.82) is 0 Å². The highest BCUT2D eigenvalue weighted by atomic mass is 32.1. The maximum Gasteiger partial charge on any atom is 0.184 e. The van der Waals surface area contributed by atoms with Crippen molar-refractivity contribution in [3.63, 3.8) is 0 Å². The number of pyridine rings is 2. The molecule has 2 N–H and O–H groups in total. The molecule has 2 aliphatic rings.